The van der Waals surface area contributed by atoms with Crippen molar-refractivity contribution in [2.45, 2.75) is 6.92 Å². The van der Waals surface area contributed by atoms with Gasteiger partial charge in [0.1, 0.15) is 11.6 Å². The van der Waals surface area contributed by atoms with E-state index in [0.717, 1.165) is 28.0 Å². The van der Waals surface area contributed by atoms with Gasteiger partial charge in [0, 0.05) is 29.5 Å². The molecule has 1 heterocycles. The van der Waals surface area contributed by atoms with E-state index < -0.39 is 4.92 Å². The average Bonchev–Trinajstić information content (AvgIpc) is 3.14. The number of nitrogens with zero attached hydrogens (tertiary/aromatic N) is 3. The number of aryl methyl sites for hydroxylation is 1. The number of fused-ring (bicyclic) bond motifs is 1. The number of hydrogen-bond donors (Lipinski definition) is 2. The van der Waals surface area contributed by atoms with Crippen LogP contribution in [0.5, 0.6) is 5.75 Å². The summed E-state index contributed by atoms with van der Waals surface area (Å²) in [5.41, 5.74) is 4.39. The van der Waals surface area contributed by atoms with E-state index in [9.17, 15) is 15.2 Å². The van der Waals surface area contributed by atoms with Crippen LogP contribution in [0.25, 0.3) is 22.4 Å². The molecule has 0 atom stereocenters. The third-order valence-corrected chi connectivity index (χ3v) is 5.11. The number of aliphatic imine (C=N–C) groups is 1. The fourth-order valence-corrected chi connectivity index (χ4v) is 3.40. The van der Waals surface area contributed by atoms with Crippen molar-refractivity contribution in [2.75, 3.05) is 0 Å². The molecule has 0 saturated carbocycles. The van der Waals surface area contributed by atoms with Gasteiger partial charge in [-0.1, -0.05) is 24.3 Å². The summed E-state index contributed by atoms with van der Waals surface area (Å²) in [4.78, 5) is 22.9. The molecule has 7 nitrogen and oxygen atoms in total. The van der Waals surface area contributed by atoms with E-state index in [1.807, 2.05) is 49.4 Å². The minimum absolute atomic E-state index is 0.106. The molecule has 0 saturated heterocycles. The maximum Gasteiger partial charge on any atom is 0.271 e. The van der Waals surface area contributed by atoms with E-state index in [4.69, 9.17) is 0 Å². The second-order valence-corrected chi connectivity index (χ2v) is 7.34. The summed E-state index contributed by atoms with van der Waals surface area (Å²) < 4.78 is 0.237. The highest BCUT2D eigenvalue weighted by Crippen LogP contribution is 2.33. The lowest BCUT2D eigenvalue weighted by molar-refractivity contribution is -0.385. The molecular weight excluding hydrogens is 436 g/mol. The Kier molecular flexibility index (Phi) is 4.85. The van der Waals surface area contributed by atoms with Gasteiger partial charge in [0.15, 0.2) is 0 Å². The van der Waals surface area contributed by atoms with Gasteiger partial charge in [0.05, 0.1) is 26.1 Å². The minimum atomic E-state index is -0.519. The fourth-order valence-electron chi connectivity index (χ4n) is 2.93. The lowest BCUT2D eigenvalue weighted by Crippen LogP contribution is -1.92. The molecule has 0 fully saturated rings. The number of imidazole rings is 1. The van der Waals surface area contributed by atoms with Crippen LogP contribution in [0.2, 0.25) is 0 Å². The Bertz CT molecular complexity index is 1250. The van der Waals surface area contributed by atoms with E-state index in [1.54, 1.807) is 0 Å². The normalized spacial score (nSPS) is 11.4. The van der Waals surface area contributed by atoms with Gasteiger partial charge in [-0.15, -0.1) is 0 Å². The number of aromatic amines is 1. The van der Waals surface area contributed by atoms with Gasteiger partial charge < -0.3 is 10.1 Å². The molecule has 3 aromatic carbocycles. The quantitative estimate of drug-likeness (QED) is 0.237. The number of hydrogen-bond acceptors (Lipinski definition) is 5. The smallest absolute Gasteiger partial charge is 0.271 e. The van der Waals surface area contributed by atoms with Crippen LogP contribution in [0, 0.1) is 17.0 Å². The number of halogens is 1. The predicted octanol–water partition coefficient (Wildman–Crippen LogP) is 5.67. The third-order valence-electron chi connectivity index (χ3n) is 4.50. The number of nitrogens with one attached hydrogen (secondary N) is 1. The number of rotatable bonds is 4. The predicted molar refractivity (Wildman–Crippen MR) is 116 cm³/mol. The highest BCUT2D eigenvalue weighted by molar-refractivity contribution is 9.10. The summed E-state index contributed by atoms with van der Waals surface area (Å²) in [6.45, 7) is 1.91. The topological polar surface area (TPSA) is 104 Å². The Morgan fingerprint density at radius 2 is 2.00 bits per heavy atom. The standard InChI is InChI=1S/C21H15BrN4O3/c1-12-6-7-13(21-24-17-4-2-3-5-18(17)25-21)9-19(12)23-11-14-8-15(26(28)29)10-16(22)20(14)27/h2-11,27H,1H3,(H,24,25). The molecule has 4 rings (SSSR count). The van der Waals surface area contributed by atoms with Crippen LogP contribution >= 0.6 is 15.9 Å². The van der Waals surface area contributed by atoms with E-state index in [-0.39, 0.29) is 21.5 Å². The van der Waals surface area contributed by atoms with E-state index in [2.05, 4.69) is 30.9 Å². The van der Waals surface area contributed by atoms with Crippen molar-refractivity contribution < 1.29 is 10.0 Å². The van der Waals surface area contributed by atoms with Gasteiger partial charge in [-0.3, -0.25) is 15.1 Å². The van der Waals surface area contributed by atoms with Crippen molar-refractivity contribution in [1.29, 1.82) is 0 Å². The Morgan fingerprint density at radius 3 is 2.76 bits per heavy atom. The number of H-pyrrole nitrogens is 1. The first-order valence-corrected chi connectivity index (χ1v) is 9.48. The Balaban J connectivity index is 1.73. The maximum absolute atomic E-state index is 11.1. The lowest BCUT2D eigenvalue weighted by atomic mass is 10.1. The Morgan fingerprint density at radius 1 is 1.21 bits per heavy atom. The summed E-state index contributed by atoms with van der Waals surface area (Å²) >= 11 is 3.14. The second-order valence-electron chi connectivity index (χ2n) is 6.48. The van der Waals surface area contributed by atoms with Crippen LogP contribution in [0.15, 0.2) is 64.1 Å². The van der Waals surface area contributed by atoms with Crippen molar-refractivity contribution >= 4 is 44.6 Å². The van der Waals surface area contributed by atoms with Crippen LogP contribution in [-0.2, 0) is 0 Å². The number of aromatic hydroxyl groups is 1. The molecule has 4 aromatic rings. The monoisotopic (exact) mass is 450 g/mol. The van der Waals surface area contributed by atoms with Crippen LogP contribution < -0.4 is 0 Å². The molecule has 29 heavy (non-hydrogen) atoms. The van der Waals surface area contributed by atoms with Gasteiger partial charge in [-0.25, -0.2) is 4.98 Å². The first kappa shape index (κ1) is 18.8. The Labute approximate surface area is 174 Å². The molecule has 0 spiro atoms. The lowest BCUT2D eigenvalue weighted by Gasteiger charge is -2.05. The Hall–Kier alpha value is -3.52. The summed E-state index contributed by atoms with van der Waals surface area (Å²) in [5.74, 6) is 0.619. The molecule has 0 radical (unpaired) electrons. The second kappa shape index (κ2) is 7.48. The van der Waals surface area contributed by atoms with Gasteiger partial charge in [0.25, 0.3) is 5.69 Å². The van der Waals surface area contributed by atoms with Crippen LogP contribution in [0.3, 0.4) is 0 Å². The SMILES string of the molecule is Cc1ccc(-c2nc3ccccc3[nH]2)cc1N=Cc1cc([N+](=O)[O-])cc(Br)c1O. The number of phenols is 1. The molecule has 2 N–H and O–H groups in total. The summed E-state index contributed by atoms with van der Waals surface area (Å²) in [6.07, 6.45) is 1.41. The van der Waals surface area contributed by atoms with Gasteiger partial charge >= 0.3 is 0 Å². The zero-order valence-corrected chi connectivity index (χ0v) is 16.8. The van der Waals surface area contributed by atoms with E-state index >= 15 is 0 Å². The van der Waals surface area contributed by atoms with Gasteiger partial charge in [0.2, 0.25) is 0 Å². The number of aromatic nitrogens is 2. The molecule has 0 aliphatic carbocycles. The fraction of sp³-hybridized carbons (Fsp3) is 0.0476. The van der Waals surface area contributed by atoms with Crippen LogP contribution in [-0.4, -0.2) is 26.2 Å². The number of non-ortho nitro benzene ring substituents is 1. The van der Waals surface area contributed by atoms with E-state index in [1.165, 1.54) is 18.3 Å². The van der Waals surface area contributed by atoms with Crippen molar-refractivity contribution in [2.24, 2.45) is 4.99 Å². The first-order valence-electron chi connectivity index (χ1n) is 8.69. The molecule has 0 amide bonds. The van der Waals surface area contributed by atoms with Crippen molar-refractivity contribution in [3.05, 3.63) is 80.3 Å². The van der Waals surface area contributed by atoms with Crippen molar-refractivity contribution in [3.63, 3.8) is 0 Å². The summed E-state index contributed by atoms with van der Waals surface area (Å²) in [6, 6.07) is 16.1. The first-order chi connectivity index (χ1) is 13.9. The molecule has 0 unspecified atom stereocenters. The molecule has 1 aromatic heterocycles. The molecule has 144 valence electrons. The number of nitro groups is 1. The minimum Gasteiger partial charge on any atom is -0.506 e. The highest BCUT2D eigenvalue weighted by Gasteiger charge is 2.14. The number of benzene rings is 3. The average molecular weight is 451 g/mol. The zero-order valence-electron chi connectivity index (χ0n) is 15.3. The molecule has 0 aliphatic heterocycles. The zero-order chi connectivity index (χ0) is 20.5. The number of nitro benzene ring substituents is 1. The number of phenolic OH excluding ortho intramolecular Hbond substituents is 1. The van der Waals surface area contributed by atoms with Crippen LogP contribution in [0.4, 0.5) is 11.4 Å². The van der Waals surface area contributed by atoms with Crippen molar-refractivity contribution in [3.8, 4) is 17.1 Å². The summed E-state index contributed by atoms with van der Waals surface area (Å²) in [5, 5.41) is 21.3. The molecule has 0 aliphatic rings. The largest absolute Gasteiger partial charge is 0.506 e. The molecule has 8 heteroatoms. The molecule has 0 bridgehead atoms. The van der Waals surface area contributed by atoms with Gasteiger partial charge in [-0.2, -0.15) is 0 Å². The number of para-hydroxylation sites is 2. The highest BCUT2D eigenvalue weighted by atomic mass is 79.9. The maximum atomic E-state index is 11.1. The van der Waals surface area contributed by atoms with Crippen molar-refractivity contribution in [1.82, 2.24) is 9.97 Å². The summed E-state index contributed by atoms with van der Waals surface area (Å²) in [7, 11) is 0. The molecular formula is C21H15BrN4O3. The van der Waals surface area contributed by atoms with Crippen LogP contribution in [0.1, 0.15) is 11.1 Å². The van der Waals surface area contributed by atoms with E-state index in [0.29, 0.717) is 5.69 Å². The van der Waals surface area contributed by atoms with Gasteiger partial charge in [-0.05, 0) is 46.6 Å². The third kappa shape index (κ3) is 3.74.